The fraction of sp³-hybridized carbons (Fsp3) is 0.538. The second kappa shape index (κ2) is 5.39. The van der Waals surface area contributed by atoms with E-state index in [2.05, 4.69) is 0 Å². The molecule has 16 heavy (non-hydrogen) atoms. The average Bonchev–Trinajstić information content (AvgIpc) is 2.24. The molecule has 1 aromatic carbocycles. The first kappa shape index (κ1) is 13.1. The number of hydrogen-bond donors (Lipinski definition) is 1. The van der Waals surface area contributed by atoms with Crippen LogP contribution < -0.4 is 0 Å². The van der Waals surface area contributed by atoms with Crippen LogP contribution in [-0.2, 0) is 6.42 Å². The molecule has 0 spiro atoms. The van der Waals surface area contributed by atoms with Crippen LogP contribution in [-0.4, -0.2) is 11.7 Å². The van der Waals surface area contributed by atoms with E-state index < -0.39 is 11.6 Å². The van der Waals surface area contributed by atoms with Gasteiger partial charge in [0.15, 0.2) is 11.6 Å². The van der Waals surface area contributed by atoms with Gasteiger partial charge in [-0.2, -0.15) is 0 Å². The van der Waals surface area contributed by atoms with Gasteiger partial charge in [-0.25, -0.2) is 8.78 Å². The summed E-state index contributed by atoms with van der Waals surface area (Å²) in [6.07, 6.45) is 2.39. The molecule has 0 aliphatic heterocycles. The Kier molecular flexibility index (Phi) is 4.42. The number of hydrogen-bond acceptors (Lipinski definition) is 1. The molecule has 0 fully saturated rings. The van der Waals surface area contributed by atoms with Crippen molar-refractivity contribution in [1.29, 1.82) is 0 Å². The van der Waals surface area contributed by atoms with E-state index in [1.165, 1.54) is 6.07 Å². The van der Waals surface area contributed by atoms with E-state index in [-0.39, 0.29) is 12.0 Å². The minimum absolute atomic E-state index is 0.0554. The van der Waals surface area contributed by atoms with E-state index >= 15 is 0 Å². The zero-order valence-corrected chi connectivity index (χ0v) is 9.76. The first-order chi connectivity index (χ1) is 7.50. The molecule has 0 aliphatic rings. The predicted molar refractivity (Wildman–Crippen MR) is 60.2 cm³/mol. The Morgan fingerprint density at radius 3 is 2.44 bits per heavy atom. The van der Waals surface area contributed by atoms with Gasteiger partial charge in [-0.05, 0) is 36.0 Å². The van der Waals surface area contributed by atoms with Crippen molar-refractivity contribution in [2.45, 2.75) is 33.1 Å². The molecule has 0 saturated heterocycles. The highest BCUT2D eigenvalue weighted by atomic mass is 19.2. The molecule has 1 unspecified atom stereocenters. The van der Waals surface area contributed by atoms with Gasteiger partial charge in [0.2, 0.25) is 0 Å². The van der Waals surface area contributed by atoms with Crippen molar-refractivity contribution in [3.63, 3.8) is 0 Å². The number of aliphatic hydroxyl groups is 1. The molecule has 0 aliphatic carbocycles. The van der Waals surface area contributed by atoms with Gasteiger partial charge in [0.05, 0.1) is 0 Å². The van der Waals surface area contributed by atoms with Gasteiger partial charge < -0.3 is 5.11 Å². The van der Waals surface area contributed by atoms with Gasteiger partial charge in [-0.3, -0.25) is 0 Å². The molecule has 0 aromatic heterocycles. The van der Waals surface area contributed by atoms with Crippen molar-refractivity contribution >= 4 is 0 Å². The Labute approximate surface area is 95.1 Å². The molecule has 1 atom stereocenters. The molecule has 1 aromatic rings. The van der Waals surface area contributed by atoms with Gasteiger partial charge in [0.25, 0.3) is 0 Å². The summed E-state index contributed by atoms with van der Waals surface area (Å²) >= 11 is 0. The molecule has 90 valence electrons. The van der Waals surface area contributed by atoms with Crippen molar-refractivity contribution in [2.24, 2.45) is 5.41 Å². The highest BCUT2D eigenvalue weighted by Crippen LogP contribution is 2.28. The normalized spacial score (nSPS) is 14.8. The van der Waals surface area contributed by atoms with E-state index in [1.807, 2.05) is 13.8 Å². The van der Waals surface area contributed by atoms with Crippen LogP contribution in [0.15, 0.2) is 18.2 Å². The van der Waals surface area contributed by atoms with Crippen LogP contribution in [0.3, 0.4) is 0 Å². The summed E-state index contributed by atoms with van der Waals surface area (Å²) in [5.41, 5.74) is 0.475. The van der Waals surface area contributed by atoms with E-state index in [9.17, 15) is 13.9 Å². The molecular weight excluding hydrogens is 210 g/mol. The maximum atomic E-state index is 13.0. The second-order valence-corrected chi connectivity index (χ2v) is 4.64. The second-order valence-electron chi connectivity index (χ2n) is 4.64. The van der Waals surface area contributed by atoms with Gasteiger partial charge in [0, 0.05) is 6.61 Å². The Balaban J connectivity index is 2.81. The quantitative estimate of drug-likeness (QED) is 0.819. The fourth-order valence-corrected chi connectivity index (χ4v) is 1.97. The zero-order valence-electron chi connectivity index (χ0n) is 9.76. The standard InChI is InChI=1S/C13H18F2O/c1-3-6-13(2,9-16)8-10-4-5-11(14)12(15)7-10/h4-5,7,16H,3,6,8-9H2,1-2H3. The summed E-state index contributed by atoms with van der Waals surface area (Å²) in [5.74, 6) is -1.65. The number of aliphatic hydroxyl groups excluding tert-OH is 1. The Hall–Kier alpha value is -0.960. The lowest BCUT2D eigenvalue weighted by atomic mass is 9.80. The summed E-state index contributed by atoms with van der Waals surface area (Å²) in [7, 11) is 0. The summed E-state index contributed by atoms with van der Waals surface area (Å²) in [5, 5.41) is 9.33. The number of benzene rings is 1. The predicted octanol–water partition coefficient (Wildman–Crippen LogP) is 3.31. The van der Waals surface area contributed by atoms with E-state index in [4.69, 9.17) is 0 Å². The van der Waals surface area contributed by atoms with Crippen LogP contribution in [0.5, 0.6) is 0 Å². The first-order valence-electron chi connectivity index (χ1n) is 5.55. The highest BCUT2D eigenvalue weighted by molar-refractivity contribution is 5.19. The minimum atomic E-state index is -0.829. The molecule has 0 heterocycles. The van der Waals surface area contributed by atoms with Gasteiger partial charge >= 0.3 is 0 Å². The topological polar surface area (TPSA) is 20.2 Å². The van der Waals surface area contributed by atoms with Crippen molar-refractivity contribution < 1.29 is 13.9 Å². The van der Waals surface area contributed by atoms with Crippen LogP contribution in [0.1, 0.15) is 32.3 Å². The molecule has 0 amide bonds. The Bertz CT molecular complexity index is 352. The largest absolute Gasteiger partial charge is 0.396 e. The highest BCUT2D eigenvalue weighted by Gasteiger charge is 2.23. The third-order valence-corrected chi connectivity index (χ3v) is 2.85. The molecule has 3 heteroatoms. The third kappa shape index (κ3) is 3.27. The smallest absolute Gasteiger partial charge is 0.159 e. The fourth-order valence-electron chi connectivity index (χ4n) is 1.97. The molecular formula is C13H18F2O. The van der Waals surface area contributed by atoms with Crippen molar-refractivity contribution in [1.82, 2.24) is 0 Å². The van der Waals surface area contributed by atoms with E-state index in [0.29, 0.717) is 6.42 Å². The van der Waals surface area contributed by atoms with Crippen LogP contribution in [0.4, 0.5) is 8.78 Å². The summed E-state index contributed by atoms with van der Waals surface area (Å²) in [4.78, 5) is 0. The molecule has 1 N–H and O–H groups in total. The summed E-state index contributed by atoms with van der Waals surface area (Å²) in [6, 6.07) is 3.91. The van der Waals surface area contributed by atoms with Crippen molar-refractivity contribution in [3.05, 3.63) is 35.4 Å². The molecule has 0 radical (unpaired) electrons. The Morgan fingerprint density at radius 2 is 1.94 bits per heavy atom. The monoisotopic (exact) mass is 228 g/mol. The first-order valence-corrected chi connectivity index (χ1v) is 5.55. The van der Waals surface area contributed by atoms with Gasteiger partial charge in [-0.1, -0.05) is 26.3 Å². The van der Waals surface area contributed by atoms with Crippen molar-refractivity contribution in [2.75, 3.05) is 6.61 Å². The van der Waals surface area contributed by atoms with Crippen LogP contribution in [0.25, 0.3) is 0 Å². The van der Waals surface area contributed by atoms with Crippen LogP contribution >= 0.6 is 0 Å². The Morgan fingerprint density at radius 1 is 1.25 bits per heavy atom. The molecule has 1 nitrogen and oxygen atoms in total. The van der Waals surface area contributed by atoms with E-state index in [0.717, 1.165) is 24.5 Å². The zero-order chi connectivity index (χ0) is 12.2. The molecule has 0 bridgehead atoms. The molecule has 1 rings (SSSR count). The van der Waals surface area contributed by atoms with E-state index in [1.54, 1.807) is 6.07 Å². The average molecular weight is 228 g/mol. The lowest BCUT2D eigenvalue weighted by molar-refractivity contribution is 0.131. The third-order valence-electron chi connectivity index (χ3n) is 2.85. The number of rotatable bonds is 5. The SMILES string of the molecule is CCCC(C)(CO)Cc1ccc(F)c(F)c1. The maximum Gasteiger partial charge on any atom is 0.159 e. The molecule has 0 saturated carbocycles. The van der Waals surface area contributed by atoms with Gasteiger partial charge in [-0.15, -0.1) is 0 Å². The lowest BCUT2D eigenvalue weighted by Gasteiger charge is -2.26. The number of halogens is 2. The van der Waals surface area contributed by atoms with Gasteiger partial charge in [0.1, 0.15) is 0 Å². The minimum Gasteiger partial charge on any atom is -0.396 e. The van der Waals surface area contributed by atoms with Crippen LogP contribution in [0.2, 0.25) is 0 Å². The van der Waals surface area contributed by atoms with Crippen molar-refractivity contribution in [3.8, 4) is 0 Å². The summed E-state index contributed by atoms with van der Waals surface area (Å²) < 4.78 is 25.7. The lowest BCUT2D eigenvalue weighted by Crippen LogP contribution is -2.24. The van der Waals surface area contributed by atoms with Crippen LogP contribution in [0, 0.1) is 17.0 Å². The maximum absolute atomic E-state index is 13.0. The summed E-state index contributed by atoms with van der Waals surface area (Å²) in [6.45, 7) is 4.05.